The lowest BCUT2D eigenvalue weighted by Crippen LogP contribution is -2.52. The summed E-state index contributed by atoms with van der Waals surface area (Å²) in [4.78, 5) is 44.3. The van der Waals surface area contributed by atoms with Gasteiger partial charge in [-0.15, -0.1) is 6.58 Å². The van der Waals surface area contributed by atoms with Crippen LogP contribution < -0.4 is 10.6 Å². The molecule has 0 aliphatic heterocycles. The molecule has 1 aromatic carbocycles. The maximum Gasteiger partial charge on any atom is 0.236 e. The second kappa shape index (κ2) is 15.7. The first-order chi connectivity index (χ1) is 19.3. The molecule has 42 heavy (non-hydrogen) atoms. The summed E-state index contributed by atoms with van der Waals surface area (Å²) in [6.45, 7) is 20.3. The Kier molecular flexibility index (Phi) is 14.0. The van der Waals surface area contributed by atoms with Crippen LogP contribution in [0.2, 0.25) is 0 Å². The van der Waals surface area contributed by atoms with E-state index in [1.165, 1.54) is 6.26 Å². The van der Waals surface area contributed by atoms with Gasteiger partial charge < -0.3 is 20.0 Å². The number of hydrogen-bond donors (Lipinski definition) is 2. The molecule has 2 atom stereocenters. The van der Waals surface area contributed by atoms with Crippen molar-refractivity contribution < 1.29 is 27.3 Å². The van der Waals surface area contributed by atoms with Gasteiger partial charge in [0.05, 0.1) is 38.4 Å². The molecule has 1 aromatic rings. The number of sulfone groups is 1. The van der Waals surface area contributed by atoms with Crippen molar-refractivity contribution in [1.82, 2.24) is 10.6 Å². The van der Waals surface area contributed by atoms with E-state index >= 15 is 0 Å². The summed E-state index contributed by atoms with van der Waals surface area (Å²) >= 11 is 0.898. The van der Waals surface area contributed by atoms with E-state index in [1.54, 1.807) is 58.0 Å². The van der Waals surface area contributed by atoms with E-state index in [4.69, 9.17) is 6.57 Å². The minimum atomic E-state index is -3.02. The van der Waals surface area contributed by atoms with Crippen LogP contribution in [0, 0.1) is 12.0 Å². The Hall–Kier alpha value is -2.68. The average molecular weight is 622 g/mol. The summed E-state index contributed by atoms with van der Waals surface area (Å²) in [5.41, 5.74) is -1.55. The Morgan fingerprint density at radius 3 is 2.14 bits per heavy atom. The highest BCUT2D eigenvalue weighted by Gasteiger charge is 2.50. The van der Waals surface area contributed by atoms with Crippen molar-refractivity contribution in [2.24, 2.45) is 5.41 Å². The van der Waals surface area contributed by atoms with E-state index in [2.05, 4.69) is 22.1 Å². The van der Waals surface area contributed by atoms with Gasteiger partial charge in [0.2, 0.25) is 22.5 Å². The largest absolute Gasteiger partial charge is 0.355 e. The number of carbonyl (C=O) groups is 3. The summed E-state index contributed by atoms with van der Waals surface area (Å²) in [6, 6.07) is 8.70. The number of thioether (sulfide) groups is 1. The van der Waals surface area contributed by atoms with Crippen molar-refractivity contribution in [3.63, 3.8) is 0 Å². The van der Waals surface area contributed by atoms with Crippen LogP contribution in [-0.2, 0) is 19.4 Å². The zero-order chi connectivity index (χ0) is 32.2. The zero-order valence-electron chi connectivity index (χ0n) is 26.3. The van der Waals surface area contributed by atoms with E-state index in [9.17, 15) is 22.8 Å². The number of nitrogens with one attached hydrogen (secondary N) is 2. The number of nitrogens with zero attached hydrogens (tertiary/aromatic N) is 2. The van der Waals surface area contributed by atoms with Crippen molar-refractivity contribution in [3.8, 4) is 0 Å². The fourth-order valence-electron chi connectivity index (χ4n) is 5.10. The summed E-state index contributed by atoms with van der Waals surface area (Å²) < 4.78 is 22.2. The van der Waals surface area contributed by atoms with E-state index in [0.717, 1.165) is 18.3 Å². The Balaban J connectivity index is 3.19. The topological polar surface area (TPSA) is 114 Å². The van der Waals surface area contributed by atoms with Gasteiger partial charge in [-0.2, -0.15) is 0 Å². The molecule has 9 nitrogen and oxygen atoms in total. The smallest absolute Gasteiger partial charge is 0.236 e. The van der Waals surface area contributed by atoms with Crippen LogP contribution >= 0.6 is 11.8 Å². The molecule has 0 saturated heterocycles. The van der Waals surface area contributed by atoms with Crippen molar-refractivity contribution in [1.29, 1.82) is 0 Å². The molecule has 0 aliphatic carbocycles. The molecule has 0 aromatic heterocycles. The van der Waals surface area contributed by atoms with Gasteiger partial charge in [-0.05, 0) is 13.3 Å². The zero-order valence-corrected chi connectivity index (χ0v) is 27.9. The van der Waals surface area contributed by atoms with Gasteiger partial charge in [-0.3, -0.25) is 14.4 Å². The highest BCUT2D eigenvalue weighted by Crippen LogP contribution is 2.44. The Morgan fingerprint density at radius 2 is 1.60 bits per heavy atom. The first-order valence-corrected chi connectivity index (χ1v) is 17.0. The van der Waals surface area contributed by atoms with E-state index in [0.29, 0.717) is 36.0 Å². The van der Waals surface area contributed by atoms with E-state index in [-0.39, 0.29) is 42.1 Å². The normalized spacial score (nSPS) is 15.0. The number of amides is 2. The predicted molar refractivity (Wildman–Crippen MR) is 172 cm³/mol. The summed E-state index contributed by atoms with van der Waals surface area (Å²) in [5.74, 6) is -0.526. The van der Waals surface area contributed by atoms with Crippen molar-refractivity contribution in [2.45, 2.75) is 63.7 Å². The molecule has 0 heterocycles. The Bertz CT molecular complexity index is 1240. The molecule has 0 spiro atoms. The van der Waals surface area contributed by atoms with Crippen LogP contribution in [0.15, 0.2) is 43.0 Å². The van der Waals surface area contributed by atoms with Crippen LogP contribution in [0.5, 0.6) is 0 Å². The maximum absolute atomic E-state index is 13.8. The minimum absolute atomic E-state index is 0.0318. The van der Waals surface area contributed by atoms with Crippen LogP contribution in [-0.4, -0.2) is 92.4 Å². The lowest BCUT2D eigenvalue weighted by molar-refractivity contribution is -0.890. The fraction of sp³-hybridized carbons (Fsp3) is 0.613. The molecule has 11 heteroatoms. The molecule has 1 rings (SSSR count). The highest BCUT2D eigenvalue weighted by molar-refractivity contribution is 8.15. The Labute approximate surface area is 257 Å². The molecule has 0 fully saturated rings. The van der Waals surface area contributed by atoms with Crippen LogP contribution in [0.1, 0.15) is 63.7 Å². The van der Waals surface area contributed by atoms with Gasteiger partial charge in [0.15, 0.2) is 0 Å². The van der Waals surface area contributed by atoms with E-state index in [1.807, 2.05) is 20.2 Å². The molecule has 0 radical (unpaired) electrons. The van der Waals surface area contributed by atoms with Gasteiger partial charge in [-0.25, -0.2) is 15.0 Å². The number of hydrogen-bond acceptors (Lipinski definition) is 6. The second-order valence-corrected chi connectivity index (χ2v) is 16.5. The monoisotopic (exact) mass is 621 g/mol. The van der Waals surface area contributed by atoms with Gasteiger partial charge in [-0.1, -0.05) is 55.1 Å². The SMILES string of the molecule is [C-]#[N+]C(C)(C)CC(C)(CC(C)(SC(=O)c1ccccc1)C(=O)NCCC[N+](C)(C)CCCS(C)(=O)=O)C(=O)NCC=C. The molecule has 234 valence electrons. The standard InChI is InChI=1S/C31H48N4O5S2/c1-10-18-33-27(37)30(4,23-29(2,3)32-6)24-31(5,41-26(36)25-16-12-11-13-17-25)28(38)34-19-14-20-35(7,8)21-15-22-42(9,39)40/h10-13,16-17H,1,14-15,18-24H2,2-5,7-9H3,(H-,33,34,37,38)/p+1. The first-order valence-electron chi connectivity index (χ1n) is 14.1. The molecule has 2 unspecified atom stereocenters. The third-order valence-electron chi connectivity index (χ3n) is 7.12. The molecular weight excluding hydrogens is 572 g/mol. The van der Waals surface area contributed by atoms with Crippen LogP contribution in [0.3, 0.4) is 0 Å². The lowest BCUT2D eigenvalue weighted by Gasteiger charge is -2.38. The van der Waals surface area contributed by atoms with E-state index < -0.39 is 25.5 Å². The van der Waals surface area contributed by atoms with Crippen LogP contribution in [0.4, 0.5) is 0 Å². The molecular formula is C31H49N4O5S2+. The summed E-state index contributed by atoms with van der Waals surface area (Å²) in [5, 5.41) is 5.54. The second-order valence-electron chi connectivity index (χ2n) is 12.8. The average Bonchev–Trinajstić information content (AvgIpc) is 2.88. The van der Waals surface area contributed by atoms with Gasteiger partial charge in [0.1, 0.15) is 14.6 Å². The summed E-state index contributed by atoms with van der Waals surface area (Å²) in [7, 11) is 1.03. The minimum Gasteiger partial charge on any atom is -0.355 e. The molecule has 2 N–H and O–H groups in total. The molecule has 2 amide bonds. The van der Waals surface area contributed by atoms with Crippen molar-refractivity contribution >= 4 is 38.5 Å². The number of rotatable bonds is 18. The van der Waals surface area contributed by atoms with Gasteiger partial charge >= 0.3 is 0 Å². The fourth-order valence-corrected chi connectivity index (χ4v) is 6.98. The number of benzene rings is 1. The lowest BCUT2D eigenvalue weighted by atomic mass is 9.72. The van der Waals surface area contributed by atoms with Gasteiger partial charge in [0, 0.05) is 58.0 Å². The molecule has 0 aliphatic rings. The quantitative estimate of drug-likeness (QED) is 0.110. The Morgan fingerprint density at radius 1 is 1.00 bits per heavy atom. The molecule has 0 bridgehead atoms. The van der Waals surface area contributed by atoms with Crippen LogP contribution in [0.25, 0.3) is 4.85 Å². The maximum atomic E-state index is 13.8. The third kappa shape index (κ3) is 13.1. The van der Waals surface area contributed by atoms with Crippen molar-refractivity contribution in [3.05, 3.63) is 60.0 Å². The number of quaternary nitrogens is 1. The summed E-state index contributed by atoms with van der Waals surface area (Å²) in [6.07, 6.45) is 4.23. The third-order valence-corrected chi connectivity index (χ3v) is 9.35. The molecule has 0 saturated carbocycles. The van der Waals surface area contributed by atoms with Gasteiger partial charge in [0.25, 0.3) is 0 Å². The first kappa shape index (κ1) is 37.3. The number of carbonyl (C=O) groups excluding carboxylic acids is 3. The predicted octanol–water partition coefficient (Wildman–Crippen LogP) is 4.12. The highest BCUT2D eigenvalue weighted by atomic mass is 32.2. The van der Waals surface area contributed by atoms with Crippen molar-refractivity contribution in [2.75, 3.05) is 52.3 Å².